The van der Waals surface area contributed by atoms with Gasteiger partial charge in [0.25, 0.3) is 0 Å². The Labute approximate surface area is 81.6 Å². The van der Waals surface area contributed by atoms with E-state index in [1.54, 1.807) is 0 Å². The van der Waals surface area contributed by atoms with E-state index in [-0.39, 0.29) is 11.8 Å². The molecule has 0 aromatic rings. The molecule has 2 bridgehead atoms. The minimum absolute atomic E-state index is 0.367. The second kappa shape index (κ2) is 2.03. The van der Waals surface area contributed by atoms with Crippen molar-refractivity contribution in [1.29, 1.82) is 0 Å². The predicted octanol–water partition coefficient (Wildman–Crippen LogP) is 0.644. The molecule has 0 amide bonds. The quantitative estimate of drug-likeness (QED) is 0.421. The lowest BCUT2D eigenvalue weighted by atomic mass is 9.69. The Morgan fingerprint density at radius 1 is 1.07 bits per heavy atom. The van der Waals surface area contributed by atoms with Crippen LogP contribution in [0.5, 0.6) is 0 Å². The number of ether oxygens (including phenoxy) is 2. The maximum Gasteiger partial charge on any atom is 0.320 e. The molecule has 0 saturated carbocycles. The number of rotatable bonds is 0. The van der Waals surface area contributed by atoms with Gasteiger partial charge in [-0.05, 0) is 26.7 Å². The SMILES string of the molecule is C[C@]12CC[C@](C)(O1)[C@@H]1C(=O)OC(=O)[C@@H]12. The summed E-state index contributed by atoms with van der Waals surface area (Å²) in [5.74, 6) is -1.53. The summed E-state index contributed by atoms with van der Waals surface area (Å²) in [7, 11) is 0. The van der Waals surface area contributed by atoms with E-state index in [1.165, 1.54) is 0 Å². The van der Waals surface area contributed by atoms with Gasteiger partial charge in [-0.2, -0.15) is 0 Å². The van der Waals surface area contributed by atoms with Crippen molar-refractivity contribution >= 4 is 11.9 Å². The van der Waals surface area contributed by atoms with Crippen LogP contribution in [-0.2, 0) is 19.1 Å². The molecule has 0 aliphatic carbocycles. The molecule has 14 heavy (non-hydrogen) atoms. The Hall–Kier alpha value is -0.900. The smallest absolute Gasteiger partial charge is 0.320 e. The molecule has 0 unspecified atom stereocenters. The van der Waals surface area contributed by atoms with Crippen molar-refractivity contribution in [1.82, 2.24) is 0 Å². The monoisotopic (exact) mass is 196 g/mol. The van der Waals surface area contributed by atoms with Gasteiger partial charge in [0.1, 0.15) is 11.8 Å². The van der Waals surface area contributed by atoms with Crippen LogP contribution in [0.3, 0.4) is 0 Å². The minimum Gasteiger partial charge on any atom is -0.393 e. The first-order valence-electron chi connectivity index (χ1n) is 4.92. The Bertz CT molecular complexity index is 318. The maximum atomic E-state index is 11.5. The van der Waals surface area contributed by atoms with Crippen LogP contribution in [-0.4, -0.2) is 23.1 Å². The minimum atomic E-state index is -0.470. The van der Waals surface area contributed by atoms with E-state index in [0.717, 1.165) is 12.8 Å². The van der Waals surface area contributed by atoms with Crippen LogP contribution in [0.25, 0.3) is 0 Å². The Balaban J connectivity index is 2.13. The van der Waals surface area contributed by atoms with Crippen LogP contribution in [0.1, 0.15) is 26.7 Å². The molecule has 3 aliphatic heterocycles. The van der Waals surface area contributed by atoms with Gasteiger partial charge in [0, 0.05) is 0 Å². The van der Waals surface area contributed by atoms with Crippen molar-refractivity contribution in [2.24, 2.45) is 11.8 Å². The summed E-state index contributed by atoms with van der Waals surface area (Å²) in [4.78, 5) is 23.0. The molecule has 3 rings (SSSR count). The number of hydrogen-bond acceptors (Lipinski definition) is 4. The topological polar surface area (TPSA) is 52.6 Å². The Kier molecular flexibility index (Phi) is 1.22. The third-order valence-electron chi connectivity index (χ3n) is 3.94. The second-order valence-corrected chi connectivity index (χ2v) is 4.92. The van der Waals surface area contributed by atoms with Crippen LogP contribution in [0.15, 0.2) is 0 Å². The standard InChI is InChI=1S/C10H12O4/c1-9-3-4-10(2,14-9)6-5(9)7(11)13-8(6)12/h5-6H,3-4H2,1-2H3/t5-,6+,9-,10+. The zero-order chi connectivity index (χ0) is 10.1. The van der Waals surface area contributed by atoms with E-state index in [1.807, 2.05) is 13.8 Å². The molecule has 4 heteroatoms. The highest BCUT2D eigenvalue weighted by molar-refractivity contribution is 5.98. The van der Waals surface area contributed by atoms with E-state index in [4.69, 9.17) is 4.74 Å². The highest BCUT2D eigenvalue weighted by Crippen LogP contribution is 2.59. The fraction of sp³-hybridized carbons (Fsp3) is 0.800. The second-order valence-electron chi connectivity index (χ2n) is 4.92. The van der Waals surface area contributed by atoms with Gasteiger partial charge in [-0.3, -0.25) is 9.59 Å². The molecule has 76 valence electrons. The van der Waals surface area contributed by atoms with Gasteiger partial charge in [-0.25, -0.2) is 0 Å². The molecule has 3 heterocycles. The molecule has 4 nitrogen and oxygen atoms in total. The van der Waals surface area contributed by atoms with Crippen LogP contribution >= 0.6 is 0 Å². The number of esters is 2. The molecule has 0 spiro atoms. The van der Waals surface area contributed by atoms with Crippen molar-refractivity contribution in [3.05, 3.63) is 0 Å². The summed E-state index contributed by atoms with van der Waals surface area (Å²) in [6, 6.07) is 0. The average molecular weight is 196 g/mol. The lowest BCUT2D eigenvalue weighted by Gasteiger charge is -2.25. The molecule has 3 saturated heterocycles. The molecule has 3 fully saturated rings. The zero-order valence-electron chi connectivity index (χ0n) is 8.20. The molecular formula is C10H12O4. The lowest BCUT2D eigenvalue weighted by molar-refractivity contribution is -0.161. The fourth-order valence-corrected chi connectivity index (χ4v) is 3.27. The van der Waals surface area contributed by atoms with E-state index < -0.39 is 23.1 Å². The van der Waals surface area contributed by atoms with Crippen molar-refractivity contribution < 1.29 is 19.1 Å². The predicted molar refractivity (Wildman–Crippen MR) is 45.2 cm³/mol. The van der Waals surface area contributed by atoms with E-state index in [9.17, 15) is 9.59 Å². The summed E-state index contributed by atoms with van der Waals surface area (Å²) < 4.78 is 10.5. The molecule has 0 radical (unpaired) electrons. The highest BCUT2D eigenvalue weighted by Gasteiger charge is 2.71. The van der Waals surface area contributed by atoms with Gasteiger partial charge in [0.15, 0.2) is 0 Å². The maximum absolute atomic E-state index is 11.5. The average Bonchev–Trinajstić information content (AvgIpc) is 2.60. The van der Waals surface area contributed by atoms with Gasteiger partial charge < -0.3 is 9.47 Å². The van der Waals surface area contributed by atoms with Crippen LogP contribution < -0.4 is 0 Å². The van der Waals surface area contributed by atoms with Crippen molar-refractivity contribution in [3.63, 3.8) is 0 Å². The van der Waals surface area contributed by atoms with Gasteiger partial charge in [0.2, 0.25) is 0 Å². The van der Waals surface area contributed by atoms with Crippen molar-refractivity contribution in [3.8, 4) is 0 Å². The first-order valence-corrected chi connectivity index (χ1v) is 4.92. The first kappa shape index (κ1) is 8.41. The summed E-state index contributed by atoms with van der Waals surface area (Å²) in [5, 5.41) is 0. The molecule has 4 atom stereocenters. The van der Waals surface area contributed by atoms with E-state index >= 15 is 0 Å². The number of carbonyl (C=O) groups is 2. The largest absolute Gasteiger partial charge is 0.393 e. The Morgan fingerprint density at radius 3 is 1.93 bits per heavy atom. The molecular weight excluding hydrogens is 184 g/mol. The Morgan fingerprint density at radius 2 is 1.50 bits per heavy atom. The summed E-state index contributed by atoms with van der Waals surface area (Å²) in [6.07, 6.45) is 1.68. The first-order chi connectivity index (χ1) is 6.46. The number of hydrogen-bond donors (Lipinski definition) is 0. The lowest BCUT2D eigenvalue weighted by Crippen LogP contribution is -2.40. The number of carbonyl (C=O) groups excluding carboxylic acids is 2. The molecule has 0 N–H and O–H groups in total. The van der Waals surface area contributed by atoms with E-state index in [0.29, 0.717) is 0 Å². The van der Waals surface area contributed by atoms with Crippen LogP contribution in [0.4, 0.5) is 0 Å². The van der Waals surface area contributed by atoms with Crippen molar-refractivity contribution in [2.75, 3.05) is 0 Å². The van der Waals surface area contributed by atoms with Crippen LogP contribution in [0, 0.1) is 11.8 Å². The van der Waals surface area contributed by atoms with Gasteiger partial charge in [-0.15, -0.1) is 0 Å². The fourth-order valence-electron chi connectivity index (χ4n) is 3.27. The molecule has 0 aromatic carbocycles. The number of cyclic esters (lactones) is 2. The van der Waals surface area contributed by atoms with Crippen molar-refractivity contribution in [2.45, 2.75) is 37.9 Å². The van der Waals surface area contributed by atoms with Gasteiger partial charge >= 0.3 is 11.9 Å². The normalized spacial score (nSPS) is 55.0. The summed E-state index contributed by atoms with van der Waals surface area (Å²) in [6.45, 7) is 3.81. The molecule has 0 aromatic heterocycles. The van der Waals surface area contributed by atoms with Gasteiger partial charge in [-0.1, -0.05) is 0 Å². The summed E-state index contributed by atoms with van der Waals surface area (Å²) >= 11 is 0. The van der Waals surface area contributed by atoms with Gasteiger partial charge in [0.05, 0.1) is 11.2 Å². The third-order valence-corrected chi connectivity index (χ3v) is 3.94. The highest BCUT2D eigenvalue weighted by atomic mass is 16.6. The van der Waals surface area contributed by atoms with E-state index in [2.05, 4.69) is 4.74 Å². The summed E-state index contributed by atoms with van der Waals surface area (Å²) in [5.41, 5.74) is -0.939. The zero-order valence-corrected chi connectivity index (χ0v) is 8.20. The third kappa shape index (κ3) is 0.704. The van der Waals surface area contributed by atoms with Crippen LogP contribution in [0.2, 0.25) is 0 Å². The molecule has 3 aliphatic rings. The number of fused-ring (bicyclic) bond motifs is 5.